The molecule has 0 aliphatic heterocycles. The van der Waals surface area contributed by atoms with E-state index < -0.39 is 0 Å². The van der Waals surface area contributed by atoms with Gasteiger partial charge in [0.2, 0.25) is 0 Å². The highest BCUT2D eigenvalue weighted by Crippen LogP contribution is 2.26. The van der Waals surface area contributed by atoms with Gasteiger partial charge in [-0.2, -0.15) is 5.10 Å². The highest BCUT2D eigenvalue weighted by molar-refractivity contribution is 9.10. The molecule has 0 aliphatic carbocycles. The minimum atomic E-state index is 0.483. The van der Waals surface area contributed by atoms with Gasteiger partial charge in [0, 0.05) is 26.3 Å². The van der Waals surface area contributed by atoms with Crippen LogP contribution in [0, 0.1) is 0 Å². The smallest absolute Gasteiger partial charge is 0.164 e. The molecular weight excluding hydrogens is 405 g/mol. The van der Waals surface area contributed by atoms with E-state index in [1.807, 2.05) is 7.05 Å². The summed E-state index contributed by atoms with van der Waals surface area (Å²) in [6.07, 6.45) is 3.05. The van der Waals surface area contributed by atoms with Gasteiger partial charge in [-0.3, -0.25) is 0 Å². The Morgan fingerprint density at radius 2 is 1.87 bits per heavy atom. The van der Waals surface area contributed by atoms with Crippen molar-refractivity contribution in [1.82, 2.24) is 24.7 Å². The third kappa shape index (κ3) is 3.49. The van der Waals surface area contributed by atoms with Crippen LogP contribution in [-0.2, 0) is 7.05 Å². The van der Waals surface area contributed by atoms with Gasteiger partial charge in [-0.05, 0) is 22.0 Å². The number of fused-ring (bicyclic) bond motifs is 1. The standard InChI is InChI=1S/C13H12BrCl2N7/c1-23-13-9(10(14)22-23)12(20-6-21-13)18-3-2-17-11-8(16)4-7(15)5-19-11/h4-6H,2-3H2,1H3,(H,17,19)(H,18,20,21). The molecule has 3 aromatic heterocycles. The number of anilines is 2. The van der Waals surface area contributed by atoms with Crippen molar-refractivity contribution in [3.63, 3.8) is 0 Å². The molecule has 0 fully saturated rings. The van der Waals surface area contributed by atoms with Gasteiger partial charge in [0.25, 0.3) is 0 Å². The Hall–Kier alpha value is -1.64. The molecule has 0 spiro atoms. The number of nitrogens with zero attached hydrogens (tertiary/aromatic N) is 5. The lowest BCUT2D eigenvalue weighted by Gasteiger charge is -2.09. The molecule has 0 aromatic carbocycles. The van der Waals surface area contributed by atoms with E-state index in [0.29, 0.717) is 39.4 Å². The number of pyridine rings is 1. The first-order valence-electron chi connectivity index (χ1n) is 6.68. The lowest BCUT2D eigenvalue weighted by Crippen LogP contribution is -2.15. The first kappa shape index (κ1) is 16.2. The summed E-state index contributed by atoms with van der Waals surface area (Å²) in [5.41, 5.74) is 0.754. The minimum Gasteiger partial charge on any atom is -0.368 e. The monoisotopic (exact) mass is 415 g/mol. The predicted molar refractivity (Wildman–Crippen MR) is 95.2 cm³/mol. The number of halogens is 3. The molecule has 0 bridgehead atoms. The summed E-state index contributed by atoms with van der Waals surface area (Å²) < 4.78 is 2.40. The molecule has 23 heavy (non-hydrogen) atoms. The van der Waals surface area contributed by atoms with E-state index in [0.717, 1.165) is 11.0 Å². The van der Waals surface area contributed by atoms with Crippen LogP contribution in [0.15, 0.2) is 23.2 Å². The number of hydrogen-bond acceptors (Lipinski definition) is 6. The van der Waals surface area contributed by atoms with Crippen molar-refractivity contribution in [2.45, 2.75) is 0 Å². The zero-order valence-electron chi connectivity index (χ0n) is 12.0. The molecule has 0 amide bonds. The van der Waals surface area contributed by atoms with Gasteiger partial charge in [0.15, 0.2) is 5.65 Å². The number of aryl methyl sites for hydroxylation is 1. The fourth-order valence-electron chi connectivity index (χ4n) is 2.08. The number of aromatic nitrogens is 5. The van der Waals surface area contributed by atoms with Crippen LogP contribution in [-0.4, -0.2) is 37.8 Å². The first-order valence-corrected chi connectivity index (χ1v) is 8.23. The van der Waals surface area contributed by atoms with Gasteiger partial charge >= 0.3 is 0 Å². The molecule has 3 aromatic rings. The van der Waals surface area contributed by atoms with E-state index in [1.54, 1.807) is 16.9 Å². The molecule has 120 valence electrons. The van der Waals surface area contributed by atoms with Gasteiger partial charge in [0.05, 0.1) is 15.4 Å². The summed E-state index contributed by atoms with van der Waals surface area (Å²) in [6.45, 7) is 1.23. The van der Waals surface area contributed by atoms with Crippen molar-refractivity contribution in [1.29, 1.82) is 0 Å². The van der Waals surface area contributed by atoms with Gasteiger partial charge in [-0.15, -0.1) is 0 Å². The third-order valence-corrected chi connectivity index (χ3v) is 4.15. The topological polar surface area (TPSA) is 80.5 Å². The highest BCUT2D eigenvalue weighted by atomic mass is 79.9. The molecule has 0 aliphatic rings. The van der Waals surface area contributed by atoms with Crippen molar-refractivity contribution >= 4 is 61.8 Å². The first-order chi connectivity index (χ1) is 11.1. The molecule has 3 rings (SSSR count). The zero-order valence-corrected chi connectivity index (χ0v) is 15.1. The summed E-state index contributed by atoms with van der Waals surface area (Å²) in [7, 11) is 1.83. The molecule has 0 saturated carbocycles. The maximum atomic E-state index is 6.06. The van der Waals surface area contributed by atoms with Crippen molar-refractivity contribution in [3.05, 3.63) is 33.2 Å². The van der Waals surface area contributed by atoms with E-state index in [1.165, 1.54) is 6.33 Å². The lowest BCUT2D eigenvalue weighted by atomic mass is 10.4. The summed E-state index contributed by atoms with van der Waals surface area (Å²) in [5, 5.41) is 12.5. The molecule has 0 radical (unpaired) electrons. The van der Waals surface area contributed by atoms with Crippen molar-refractivity contribution in [2.24, 2.45) is 7.05 Å². The van der Waals surface area contributed by atoms with Crippen LogP contribution in [0.25, 0.3) is 11.0 Å². The van der Waals surface area contributed by atoms with Crippen molar-refractivity contribution in [2.75, 3.05) is 23.7 Å². The average molecular weight is 417 g/mol. The maximum Gasteiger partial charge on any atom is 0.164 e. The van der Waals surface area contributed by atoms with Gasteiger partial charge < -0.3 is 10.6 Å². The Labute approximate surface area is 150 Å². The lowest BCUT2D eigenvalue weighted by molar-refractivity contribution is 0.777. The Morgan fingerprint density at radius 1 is 1.13 bits per heavy atom. The van der Waals surface area contributed by atoms with Crippen LogP contribution in [0.5, 0.6) is 0 Å². The van der Waals surface area contributed by atoms with Crippen LogP contribution in [0.4, 0.5) is 11.6 Å². The van der Waals surface area contributed by atoms with Crippen LogP contribution in [0.3, 0.4) is 0 Å². The highest BCUT2D eigenvalue weighted by Gasteiger charge is 2.12. The fraction of sp³-hybridized carbons (Fsp3) is 0.231. The predicted octanol–water partition coefficient (Wildman–Crippen LogP) is 3.35. The van der Waals surface area contributed by atoms with Crippen molar-refractivity contribution in [3.8, 4) is 0 Å². The van der Waals surface area contributed by atoms with Crippen LogP contribution in [0.1, 0.15) is 0 Å². The summed E-state index contributed by atoms with van der Waals surface area (Å²) in [6, 6.07) is 1.65. The Balaban J connectivity index is 1.65. The normalized spacial score (nSPS) is 11.0. The second-order valence-electron chi connectivity index (χ2n) is 4.67. The Morgan fingerprint density at radius 3 is 2.61 bits per heavy atom. The zero-order chi connectivity index (χ0) is 16.4. The largest absolute Gasteiger partial charge is 0.368 e. The molecule has 0 unspecified atom stereocenters. The van der Waals surface area contributed by atoms with Crippen molar-refractivity contribution < 1.29 is 0 Å². The summed E-state index contributed by atoms with van der Waals surface area (Å²) in [5.74, 6) is 1.31. The van der Waals surface area contributed by atoms with Crippen LogP contribution >= 0.6 is 39.1 Å². The van der Waals surface area contributed by atoms with Crippen LogP contribution < -0.4 is 10.6 Å². The molecule has 2 N–H and O–H groups in total. The Kier molecular flexibility index (Phi) is 4.84. The third-order valence-electron chi connectivity index (χ3n) is 3.10. The molecule has 0 atom stereocenters. The van der Waals surface area contributed by atoms with E-state index in [-0.39, 0.29) is 0 Å². The van der Waals surface area contributed by atoms with Crippen LogP contribution in [0.2, 0.25) is 10.0 Å². The van der Waals surface area contributed by atoms with E-state index in [2.05, 4.69) is 46.6 Å². The van der Waals surface area contributed by atoms with Gasteiger partial charge in [-0.1, -0.05) is 23.2 Å². The quantitative estimate of drug-likeness (QED) is 0.620. The second-order valence-corrected chi connectivity index (χ2v) is 6.27. The maximum absolute atomic E-state index is 6.06. The Bertz CT molecular complexity index is 852. The SMILES string of the molecule is Cn1nc(Br)c2c(NCCNc3ncc(Cl)cc3Cl)ncnc21. The summed E-state index contributed by atoms with van der Waals surface area (Å²) >= 11 is 15.3. The van der Waals surface area contributed by atoms with E-state index >= 15 is 0 Å². The van der Waals surface area contributed by atoms with Gasteiger partial charge in [0.1, 0.15) is 22.6 Å². The fourth-order valence-corrected chi connectivity index (χ4v) is 3.13. The number of nitrogens with one attached hydrogen (secondary N) is 2. The molecule has 7 nitrogen and oxygen atoms in total. The molecule has 0 saturated heterocycles. The second kappa shape index (κ2) is 6.86. The molecule has 3 heterocycles. The number of hydrogen-bond donors (Lipinski definition) is 2. The molecule has 10 heteroatoms. The number of rotatable bonds is 5. The van der Waals surface area contributed by atoms with Gasteiger partial charge in [-0.25, -0.2) is 19.6 Å². The van der Waals surface area contributed by atoms with E-state index in [9.17, 15) is 0 Å². The average Bonchev–Trinajstić information content (AvgIpc) is 2.81. The molecular formula is C13H12BrCl2N7. The summed E-state index contributed by atoms with van der Waals surface area (Å²) in [4.78, 5) is 12.6. The minimum absolute atomic E-state index is 0.483. The van der Waals surface area contributed by atoms with E-state index in [4.69, 9.17) is 23.2 Å².